The van der Waals surface area contributed by atoms with Gasteiger partial charge in [0.15, 0.2) is 0 Å². The maximum atomic E-state index is 9.59. The number of aryl methyl sites for hydroxylation is 2. The maximum Gasteiger partial charge on any atom is 0.142 e. The van der Waals surface area contributed by atoms with Crippen LogP contribution in [0.5, 0.6) is 17.2 Å². The number of likely N-dealkylation sites (tertiary alicyclic amines) is 1. The third-order valence-corrected chi connectivity index (χ3v) is 10.8. The Bertz CT molecular complexity index is 1730. The number of benzene rings is 4. The van der Waals surface area contributed by atoms with E-state index in [2.05, 4.69) is 80.4 Å². The molecule has 8 nitrogen and oxygen atoms in total. The highest BCUT2D eigenvalue weighted by atomic mass is 127. The molecule has 0 aliphatic carbocycles. The number of halogens is 2. The Morgan fingerprint density at radius 1 is 0.824 bits per heavy atom. The van der Waals surface area contributed by atoms with Gasteiger partial charge < -0.3 is 37.7 Å². The zero-order valence-electron chi connectivity index (χ0n) is 30.0. The molecule has 0 bridgehead atoms. The standard InChI is InChI=1S/C41H50ClIN2O6/c1-27-9-5-10-28(2)37(27)26-50-40-20-41(38(42)19-32(40)21-44-33(23-46)24-47)49-25-31-11-6-12-35(29(31)3)36-13-7-14-39(30(36)4)48-18-8-16-45-17-15-34(22-45)51-43/h5-7,9-14,19-20,33-34,44,46-47H,8,15-18,21-26H2,1-4H3/t34-/m1/s1. The Balaban J connectivity index is 1.29. The summed E-state index contributed by atoms with van der Waals surface area (Å²) in [6.45, 7) is 12.8. The van der Waals surface area contributed by atoms with E-state index in [0.29, 0.717) is 49.0 Å². The minimum absolute atomic E-state index is 0.187. The van der Waals surface area contributed by atoms with E-state index in [-0.39, 0.29) is 13.2 Å². The number of nitrogens with one attached hydrogen (secondary N) is 1. The second-order valence-corrected chi connectivity index (χ2v) is 14.2. The molecule has 1 aliphatic rings. The van der Waals surface area contributed by atoms with Crippen molar-refractivity contribution in [2.24, 2.45) is 0 Å². The second kappa shape index (κ2) is 19.3. The summed E-state index contributed by atoms with van der Waals surface area (Å²) in [6.07, 6.45) is 2.39. The van der Waals surface area contributed by atoms with Gasteiger partial charge in [0.1, 0.15) is 53.5 Å². The quantitative estimate of drug-likeness (QED) is 0.0686. The monoisotopic (exact) mass is 828 g/mol. The first-order valence-corrected chi connectivity index (χ1v) is 18.9. The number of nitrogens with zero attached hydrogens (tertiary/aromatic N) is 1. The predicted octanol–water partition coefficient (Wildman–Crippen LogP) is 8.05. The molecule has 51 heavy (non-hydrogen) atoms. The predicted molar refractivity (Wildman–Crippen MR) is 212 cm³/mol. The lowest BCUT2D eigenvalue weighted by molar-refractivity contribution is 0.169. The molecule has 0 unspecified atom stereocenters. The molecule has 0 aromatic heterocycles. The van der Waals surface area contributed by atoms with E-state index < -0.39 is 6.04 Å². The van der Waals surface area contributed by atoms with Crippen LogP contribution < -0.4 is 19.5 Å². The molecule has 3 N–H and O–H groups in total. The molecule has 10 heteroatoms. The first-order valence-electron chi connectivity index (χ1n) is 17.6. The van der Waals surface area contributed by atoms with Gasteiger partial charge in [0, 0.05) is 37.8 Å². The molecular weight excluding hydrogens is 779 g/mol. The lowest BCUT2D eigenvalue weighted by atomic mass is 9.93. The molecule has 274 valence electrons. The molecule has 1 fully saturated rings. The smallest absolute Gasteiger partial charge is 0.142 e. The molecule has 0 spiro atoms. The molecule has 1 aliphatic heterocycles. The average Bonchev–Trinajstić information content (AvgIpc) is 3.60. The summed E-state index contributed by atoms with van der Waals surface area (Å²) in [7, 11) is 0. The molecule has 1 atom stereocenters. The Labute approximate surface area is 321 Å². The van der Waals surface area contributed by atoms with E-state index in [0.717, 1.165) is 88.3 Å². The van der Waals surface area contributed by atoms with Crippen molar-refractivity contribution in [3.63, 3.8) is 0 Å². The van der Waals surface area contributed by atoms with Gasteiger partial charge in [-0.1, -0.05) is 60.1 Å². The van der Waals surface area contributed by atoms with Gasteiger partial charge in [-0.3, -0.25) is 0 Å². The summed E-state index contributed by atoms with van der Waals surface area (Å²) < 4.78 is 24.5. The highest BCUT2D eigenvalue weighted by Gasteiger charge is 2.22. The van der Waals surface area contributed by atoms with Crippen LogP contribution in [0.25, 0.3) is 11.1 Å². The fourth-order valence-electron chi connectivity index (χ4n) is 6.52. The average molecular weight is 829 g/mol. The summed E-state index contributed by atoms with van der Waals surface area (Å²) in [5.74, 6) is 2.04. The van der Waals surface area contributed by atoms with Gasteiger partial charge in [-0.25, -0.2) is 0 Å². The summed E-state index contributed by atoms with van der Waals surface area (Å²) in [5, 5.41) is 22.8. The van der Waals surface area contributed by atoms with Crippen LogP contribution in [0.1, 0.15) is 51.8 Å². The number of rotatable bonds is 18. The number of aliphatic hydroxyl groups excluding tert-OH is 2. The van der Waals surface area contributed by atoms with Crippen LogP contribution in [0.3, 0.4) is 0 Å². The molecule has 1 heterocycles. The summed E-state index contributed by atoms with van der Waals surface area (Å²) in [5.41, 5.74) is 9.79. The van der Waals surface area contributed by atoms with Crippen molar-refractivity contribution in [3.05, 3.63) is 111 Å². The van der Waals surface area contributed by atoms with Crippen LogP contribution in [-0.4, -0.2) is 66.7 Å². The van der Waals surface area contributed by atoms with Crippen molar-refractivity contribution >= 4 is 34.6 Å². The van der Waals surface area contributed by atoms with Crippen LogP contribution in [0, 0.1) is 27.7 Å². The van der Waals surface area contributed by atoms with E-state index in [1.54, 1.807) is 0 Å². The normalized spacial score (nSPS) is 14.7. The maximum absolute atomic E-state index is 9.59. The number of hydrogen-bond donors (Lipinski definition) is 3. The van der Waals surface area contributed by atoms with Crippen LogP contribution in [-0.2, 0) is 22.8 Å². The lowest BCUT2D eigenvalue weighted by Crippen LogP contribution is -2.35. The van der Waals surface area contributed by atoms with Crippen molar-refractivity contribution in [2.45, 2.75) is 72.4 Å². The first-order chi connectivity index (χ1) is 24.7. The summed E-state index contributed by atoms with van der Waals surface area (Å²) in [4.78, 5) is 2.44. The molecule has 0 amide bonds. The second-order valence-electron chi connectivity index (χ2n) is 13.3. The van der Waals surface area contributed by atoms with Gasteiger partial charge in [0.25, 0.3) is 0 Å². The van der Waals surface area contributed by atoms with E-state index in [4.69, 9.17) is 28.9 Å². The number of hydrogen-bond acceptors (Lipinski definition) is 8. The van der Waals surface area contributed by atoms with Gasteiger partial charge in [0.2, 0.25) is 0 Å². The van der Waals surface area contributed by atoms with Crippen molar-refractivity contribution < 1.29 is 27.5 Å². The van der Waals surface area contributed by atoms with Crippen molar-refractivity contribution in [1.29, 1.82) is 0 Å². The Morgan fingerprint density at radius 2 is 1.51 bits per heavy atom. The highest BCUT2D eigenvalue weighted by molar-refractivity contribution is 14.1. The molecule has 4 aromatic rings. The van der Waals surface area contributed by atoms with Crippen molar-refractivity contribution in [2.75, 3.05) is 39.5 Å². The largest absolute Gasteiger partial charge is 0.493 e. The first kappa shape index (κ1) is 39.3. The minimum atomic E-state index is -0.457. The SMILES string of the molecule is Cc1cccc(C)c1COc1cc(OCc2cccc(-c3cccc(OCCCN4CC[C@@H](OI)C4)c3C)c2C)c(Cl)cc1CNC(CO)CO. The zero-order chi connectivity index (χ0) is 36.3. The van der Waals surface area contributed by atoms with Gasteiger partial charge in [-0.05, 0) is 97.2 Å². The highest BCUT2D eigenvalue weighted by Crippen LogP contribution is 2.36. The topological polar surface area (TPSA) is 92.7 Å². The van der Waals surface area contributed by atoms with Gasteiger partial charge in [-0.15, -0.1) is 0 Å². The third kappa shape index (κ3) is 10.4. The van der Waals surface area contributed by atoms with Crippen molar-refractivity contribution in [1.82, 2.24) is 10.2 Å². The van der Waals surface area contributed by atoms with E-state index in [1.807, 2.05) is 47.3 Å². The Hall–Kier alpha value is -2.90. The Morgan fingerprint density at radius 3 is 2.22 bits per heavy atom. The van der Waals surface area contributed by atoms with Crippen LogP contribution in [0.15, 0.2) is 66.7 Å². The lowest BCUT2D eigenvalue weighted by Gasteiger charge is -2.20. The van der Waals surface area contributed by atoms with Crippen molar-refractivity contribution in [3.8, 4) is 28.4 Å². The summed E-state index contributed by atoms with van der Waals surface area (Å²) >= 11 is 8.80. The molecule has 4 aromatic carbocycles. The fraction of sp³-hybridized carbons (Fsp3) is 0.415. The van der Waals surface area contributed by atoms with Gasteiger partial charge in [0.05, 0.1) is 37.0 Å². The van der Waals surface area contributed by atoms with Crippen LogP contribution in [0.2, 0.25) is 5.02 Å². The van der Waals surface area contributed by atoms with E-state index >= 15 is 0 Å². The molecule has 5 rings (SSSR count). The Kier molecular flexibility index (Phi) is 14.8. The third-order valence-electron chi connectivity index (χ3n) is 9.79. The minimum Gasteiger partial charge on any atom is -0.493 e. The van der Waals surface area contributed by atoms with Crippen LogP contribution >= 0.6 is 34.6 Å². The van der Waals surface area contributed by atoms with Gasteiger partial charge >= 0.3 is 0 Å². The number of ether oxygens (including phenoxy) is 3. The van der Waals surface area contributed by atoms with Crippen LogP contribution in [0.4, 0.5) is 0 Å². The number of aliphatic hydroxyl groups is 2. The fourth-order valence-corrected chi connectivity index (χ4v) is 7.18. The molecule has 1 saturated heterocycles. The molecule has 0 radical (unpaired) electrons. The zero-order valence-corrected chi connectivity index (χ0v) is 32.9. The van der Waals surface area contributed by atoms with Gasteiger partial charge in [-0.2, -0.15) is 0 Å². The molecular formula is C41H50ClIN2O6. The summed E-state index contributed by atoms with van der Waals surface area (Å²) in [6, 6.07) is 21.9. The molecule has 0 saturated carbocycles. The van der Waals surface area contributed by atoms with E-state index in [9.17, 15) is 10.2 Å². The van der Waals surface area contributed by atoms with E-state index in [1.165, 1.54) is 0 Å².